The fourth-order valence-electron chi connectivity index (χ4n) is 2.66. The number of nitrogens with one attached hydrogen (secondary N) is 2. The van der Waals surface area contributed by atoms with Gasteiger partial charge in [0.1, 0.15) is 5.82 Å². The number of hydrogen-bond acceptors (Lipinski definition) is 5. The third kappa shape index (κ3) is 5.54. The first-order chi connectivity index (χ1) is 14.4. The number of amides is 4. The van der Waals surface area contributed by atoms with E-state index in [4.69, 9.17) is 0 Å². The van der Waals surface area contributed by atoms with Gasteiger partial charge in [-0.05, 0) is 41.6 Å². The fourth-order valence-corrected chi connectivity index (χ4v) is 3.52. The highest BCUT2D eigenvalue weighted by Crippen LogP contribution is 2.31. The minimum atomic E-state index is -0.582. The third-order valence-corrected chi connectivity index (χ3v) is 5.03. The highest BCUT2D eigenvalue weighted by Gasteiger charge is 2.34. The molecule has 1 heterocycles. The van der Waals surface area contributed by atoms with Gasteiger partial charge < -0.3 is 10.6 Å². The molecule has 0 atom stereocenters. The van der Waals surface area contributed by atoms with Crippen molar-refractivity contribution in [1.29, 1.82) is 0 Å². The highest BCUT2D eigenvalue weighted by atomic mass is 32.2. The van der Waals surface area contributed by atoms with Gasteiger partial charge in [0.15, 0.2) is 0 Å². The van der Waals surface area contributed by atoms with E-state index in [0.29, 0.717) is 4.91 Å². The molecule has 30 heavy (non-hydrogen) atoms. The minimum absolute atomic E-state index is 0.0143. The second-order valence-electron chi connectivity index (χ2n) is 6.29. The van der Waals surface area contributed by atoms with Gasteiger partial charge in [0.25, 0.3) is 17.1 Å². The number of hydrogen-bond donors (Lipinski definition) is 2. The zero-order valence-electron chi connectivity index (χ0n) is 15.8. The summed E-state index contributed by atoms with van der Waals surface area (Å²) in [5.41, 5.74) is 0.913. The zero-order valence-corrected chi connectivity index (χ0v) is 16.6. The lowest BCUT2D eigenvalue weighted by Gasteiger charge is -2.13. The van der Waals surface area contributed by atoms with Crippen molar-refractivity contribution >= 4 is 40.8 Å². The lowest BCUT2D eigenvalue weighted by atomic mass is 10.2. The topological polar surface area (TPSA) is 95.6 Å². The molecule has 0 spiro atoms. The predicted octanol–water partition coefficient (Wildman–Crippen LogP) is 2.41. The molecule has 0 bridgehead atoms. The Morgan fingerprint density at radius 3 is 2.53 bits per heavy atom. The summed E-state index contributed by atoms with van der Waals surface area (Å²) in [4.78, 5) is 49.7. The second kappa shape index (κ2) is 9.84. The lowest BCUT2D eigenvalue weighted by Crippen LogP contribution is -2.41. The molecule has 0 aliphatic carbocycles. The van der Waals surface area contributed by atoms with Gasteiger partial charge in [-0.25, -0.2) is 4.39 Å². The van der Waals surface area contributed by atoms with Crippen LogP contribution in [-0.4, -0.2) is 47.5 Å². The molecule has 0 radical (unpaired) electrons. The summed E-state index contributed by atoms with van der Waals surface area (Å²) < 4.78 is 13.1. The zero-order chi connectivity index (χ0) is 21.5. The van der Waals surface area contributed by atoms with E-state index in [-0.39, 0.29) is 25.2 Å². The Bertz CT molecular complexity index is 1010. The first kappa shape index (κ1) is 21.3. The maximum Gasteiger partial charge on any atom is 0.293 e. The normalized spacial score (nSPS) is 14.8. The van der Waals surface area contributed by atoms with Gasteiger partial charge in [0, 0.05) is 18.7 Å². The number of thioether (sulfide) groups is 1. The molecule has 0 aromatic heterocycles. The van der Waals surface area contributed by atoms with Crippen molar-refractivity contribution < 1.29 is 23.6 Å². The molecule has 1 fully saturated rings. The summed E-state index contributed by atoms with van der Waals surface area (Å²) in [5, 5.41) is 4.50. The molecular formula is C21H18FN3O4S. The van der Waals surface area contributed by atoms with Crippen molar-refractivity contribution in [3.05, 3.63) is 76.4 Å². The van der Waals surface area contributed by atoms with Gasteiger partial charge in [0.05, 0.1) is 11.4 Å². The molecule has 4 amide bonds. The van der Waals surface area contributed by atoms with E-state index in [1.165, 1.54) is 18.2 Å². The van der Waals surface area contributed by atoms with Crippen molar-refractivity contribution in [2.24, 2.45) is 0 Å². The van der Waals surface area contributed by atoms with Gasteiger partial charge in [-0.15, -0.1) is 0 Å². The predicted molar refractivity (Wildman–Crippen MR) is 111 cm³/mol. The largest absolute Gasteiger partial charge is 0.353 e. The number of carbonyl (C=O) groups is 4. The molecule has 1 saturated heterocycles. The van der Waals surface area contributed by atoms with Crippen molar-refractivity contribution in [3.63, 3.8) is 0 Å². The first-order valence-electron chi connectivity index (χ1n) is 9.05. The molecule has 2 aromatic rings. The molecule has 1 aliphatic heterocycles. The smallest absolute Gasteiger partial charge is 0.293 e. The van der Waals surface area contributed by atoms with E-state index < -0.39 is 28.8 Å². The monoisotopic (exact) mass is 427 g/mol. The maximum atomic E-state index is 13.1. The van der Waals surface area contributed by atoms with Gasteiger partial charge >= 0.3 is 0 Å². The Morgan fingerprint density at radius 2 is 1.80 bits per heavy atom. The Labute approximate surface area is 176 Å². The Kier molecular flexibility index (Phi) is 6.97. The van der Waals surface area contributed by atoms with Crippen LogP contribution >= 0.6 is 11.8 Å². The SMILES string of the molecule is O=C(CNC(=O)c1cccc(F)c1)NCCN1C(=O)SC(=Cc2ccccc2)C1=O. The van der Waals surface area contributed by atoms with Crippen LogP contribution in [0.4, 0.5) is 9.18 Å². The molecule has 0 unspecified atom stereocenters. The third-order valence-electron chi connectivity index (χ3n) is 4.12. The van der Waals surface area contributed by atoms with E-state index >= 15 is 0 Å². The van der Waals surface area contributed by atoms with E-state index in [1.54, 1.807) is 6.08 Å². The Hall–Kier alpha value is -3.46. The summed E-state index contributed by atoms with van der Waals surface area (Å²) >= 11 is 0.847. The minimum Gasteiger partial charge on any atom is -0.353 e. The molecule has 2 aromatic carbocycles. The summed E-state index contributed by atoms with van der Waals surface area (Å²) in [6.07, 6.45) is 1.64. The van der Waals surface area contributed by atoms with Crippen LogP contribution in [0.15, 0.2) is 59.5 Å². The fraction of sp³-hybridized carbons (Fsp3) is 0.143. The van der Waals surface area contributed by atoms with E-state index in [0.717, 1.165) is 28.3 Å². The molecular weight excluding hydrogens is 409 g/mol. The number of imide groups is 1. The van der Waals surface area contributed by atoms with E-state index in [2.05, 4.69) is 10.6 Å². The summed E-state index contributed by atoms with van der Waals surface area (Å²) in [6.45, 7) is -0.253. The van der Waals surface area contributed by atoms with Crippen LogP contribution in [0.1, 0.15) is 15.9 Å². The number of nitrogens with zero attached hydrogens (tertiary/aromatic N) is 1. The van der Waals surface area contributed by atoms with Crippen LogP contribution in [0.25, 0.3) is 6.08 Å². The Morgan fingerprint density at radius 1 is 1.03 bits per heavy atom. The van der Waals surface area contributed by atoms with Crippen LogP contribution in [0.2, 0.25) is 0 Å². The van der Waals surface area contributed by atoms with Crippen molar-refractivity contribution in [2.45, 2.75) is 0 Å². The highest BCUT2D eigenvalue weighted by molar-refractivity contribution is 8.18. The molecule has 2 N–H and O–H groups in total. The van der Waals surface area contributed by atoms with Crippen LogP contribution < -0.4 is 10.6 Å². The van der Waals surface area contributed by atoms with E-state index in [1.807, 2.05) is 30.3 Å². The maximum absolute atomic E-state index is 13.1. The number of carbonyl (C=O) groups excluding carboxylic acids is 4. The second-order valence-corrected chi connectivity index (χ2v) is 7.28. The summed E-state index contributed by atoms with van der Waals surface area (Å²) in [6, 6.07) is 14.3. The molecule has 0 saturated carbocycles. The van der Waals surface area contributed by atoms with Crippen molar-refractivity contribution in [1.82, 2.24) is 15.5 Å². The molecule has 7 nitrogen and oxygen atoms in total. The van der Waals surface area contributed by atoms with Crippen molar-refractivity contribution in [2.75, 3.05) is 19.6 Å². The summed E-state index contributed by atoms with van der Waals surface area (Å²) in [7, 11) is 0. The van der Waals surface area contributed by atoms with Gasteiger partial charge in [-0.3, -0.25) is 24.1 Å². The molecule has 154 valence electrons. The van der Waals surface area contributed by atoms with Crippen LogP contribution in [0.5, 0.6) is 0 Å². The van der Waals surface area contributed by atoms with Gasteiger partial charge in [-0.2, -0.15) is 0 Å². The number of rotatable bonds is 7. The molecule has 1 aliphatic rings. The first-order valence-corrected chi connectivity index (χ1v) is 9.86. The number of benzene rings is 2. The van der Waals surface area contributed by atoms with Crippen LogP contribution in [0, 0.1) is 5.82 Å². The Balaban J connectivity index is 1.45. The summed E-state index contributed by atoms with van der Waals surface area (Å²) in [5.74, 6) is -2.04. The molecule has 9 heteroatoms. The average molecular weight is 427 g/mol. The standard InChI is InChI=1S/C21H18FN3O4S/c22-16-8-4-7-15(12-16)19(27)24-13-18(26)23-9-10-25-20(28)17(30-21(25)29)11-14-5-2-1-3-6-14/h1-8,11-12H,9-10,13H2,(H,23,26)(H,24,27). The van der Waals surface area contributed by atoms with Crippen molar-refractivity contribution in [3.8, 4) is 0 Å². The van der Waals surface area contributed by atoms with Crippen LogP contribution in [0.3, 0.4) is 0 Å². The van der Waals surface area contributed by atoms with Crippen LogP contribution in [-0.2, 0) is 9.59 Å². The van der Waals surface area contributed by atoms with E-state index in [9.17, 15) is 23.6 Å². The molecule has 3 rings (SSSR count). The lowest BCUT2D eigenvalue weighted by molar-refractivity contribution is -0.124. The average Bonchev–Trinajstić information content (AvgIpc) is 3.00. The van der Waals surface area contributed by atoms with Gasteiger partial charge in [-0.1, -0.05) is 36.4 Å². The quantitative estimate of drug-likeness (QED) is 0.662. The number of halogens is 1. The van der Waals surface area contributed by atoms with Gasteiger partial charge in [0.2, 0.25) is 5.91 Å².